The first-order valence-electron chi connectivity index (χ1n) is 6.16. The highest BCUT2D eigenvalue weighted by Crippen LogP contribution is 2.26. The van der Waals surface area contributed by atoms with Gasteiger partial charge < -0.3 is 5.73 Å². The molecule has 2 aromatic heterocycles. The molecule has 19 heavy (non-hydrogen) atoms. The summed E-state index contributed by atoms with van der Waals surface area (Å²) >= 11 is 0. The van der Waals surface area contributed by atoms with E-state index < -0.39 is 0 Å². The predicted octanol–water partition coefficient (Wildman–Crippen LogP) is 3.29. The number of imidazole rings is 1. The number of aryl methyl sites for hydroxylation is 1. The summed E-state index contributed by atoms with van der Waals surface area (Å²) in [5, 5.41) is 0. The van der Waals surface area contributed by atoms with Crippen LogP contribution in [0.5, 0.6) is 0 Å². The number of nitrogens with two attached hydrogens (primary N) is 1. The molecule has 3 aromatic rings. The van der Waals surface area contributed by atoms with Crippen molar-refractivity contribution < 1.29 is 0 Å². The Balaban J connectivity index is 2.21. The van der Waals surface area contributed by atoms with Crippen LogP contribution in [0.15, 0.2) is 55.2 Å². The number of hydrogen-bond acceptors (Lipinski definition) is 2. The van der Waals surface area contributed by atoms with Crippen LogP contribution in [-0.2, 0) is 0 Å². The summed E-state index contributed by atoms with van der Waals surface area (Å²) in [5.74, 6) is 0.678. The highest BCUT2D eigenvalue weighted by molar-refractivity contribution is 5.85. The highest BCUT2D eigenvalue weighted by Gasteiger charge is 2.11. The van der Waals surface area contributed by atoms with Crippen molar-refractivity contribution in [2.24, 2.45) is 0 Å². The van der Waals surface area contributed by atoms with Crippen molar-refractivity contribution in [3.8, 4) is 0 Å². The summed E-state index contributed by atoms with van der Waals surface area (Å²) in [6, 6.07) is 14.1. The highest BCUT2D eigenvalue weighted by atomic mass is 15.1. The van der Waals surface area contributed by atoms with Crippen LogP contribution >= 0.6 is 0 Å². The molecule has 3 heteroatoms. The van der Waals surface area contributed by atoms with E-state index in [1.165, 1.54) is 0 Å². The van der Waals surface area contributed by atoms with Crippen LogP contribution in [0.4, 0.5) is 5.82 Å². The number of benzene rings is 1. The van der Waals surface area contributed by atoms with E-state index in [1.807, 2.05) is 60.0 Å². The van der Waals surface area contributed by atoms with E-state index in [2.05, 4.69) is 11.6 Å². The molecule has 0 radical (unpaired) electrons. The quantitative estimate of drug-likeness (QED) is 0.757. The van der Waals surface area contributed by atoms with Crippen LogP contribution in [0.25, 0.3) is 11.2 Å². The molecular formula is C16H15N3. The minimum atomic E-state index is 0.678. The van der Waals surface area contributed by atoms with Crippen LogP contribution in [0.3, 0.4) is 0 Å². The van der Waals surface area contributed by atoms with Gasteiger partial charge in [-0.3, -0.25) is 4.40 Å². The number of nitrogens with zero attached hydrogens (tertiary/aromatic N) is 2. The Labute approximate surface area is 112 Å². The van der Waals surface area contributed by atoms with Gasteiger partial charge in [-0.25, -0.2) is 4.98 Å². The van der Waals surface area contributed by atoms with Crippen LogP contribution in [-0.4, -0.2) is 9.38 Å². The molecule has 3 rings (SSSR count). The first-order chi connectivity index (χ1) is 9.18. The molecule has 0 fully saturated rings. The van der Waals surface area contributed by atoms with Gasteiger partial charge in [-0.2, -0.15) is 0 Å². The number of rotatable bonds is 2. The van der Waals surface area contributed by atoms with Gasteiger partial charge in [0.15, 0.2) is 0 Å². The lowest BCUT2D eigenvalue weighted by Gasteiger charge is -2.07. The number of fused-ring (bicyclic) bond motifs is 1. The Morgan fingerprint density at radius 2 is 1.89 bits per heavy atom. The molecule has 2 N–H and O–H groups in total. The van der Waals surface area contributed by atoms with E-state index in [1.54, 1.807) is 0 Å². The van der Waals surface area contributed by atoms with Crippen molar-refractivity contribution in [1.29, 1.82) is 0 Å². The van der Waals surface area contributed by atoms with Crippen molar-refractivity contribution in [2.75, 3.05) is 5.73 Å². The second-order valence-electron chi connectivity index (χ2n) is 4.54. The van der Waals surface area contributed by atoms with Crippen LogP contribution in [0.2, 0.25) is 0 Å². The molecule has 0 unspecified atom stereocenters. The summed E-state index contributed by atoms with van der Waals surface area (Å²) in [6.07, 6.45) is 1.92. The molecule has 0 aliphatic carbocycles. The lowest BCUT2D eigenvalue weighted by molar-refractivity contribution is 1.19. The SMILES string of the molecule is C=C(c1ccccc1)c1cccn2c(N)c(C)nc12. The van der Waals surface area contributed by atoms with Gasteiger partial charge in [-0.05, 0) is 30.2 Å². The lowest BCUT2D eigenvalue weighted by atomic mass is 10.0. The summed E-state index contributed by atoms with van der Waals surface area (Å²) in [4.78, 5) is 4.54. The van der Waals surface area contributed by atoms with E-state index in [-0.39, 0.29) is 0 Å². The van der Waals surface area contributed by atoms with Crippen molar-refractivity contribution in [2.45, 2.75) is 6.92 Å². The molecule has 0 spiro atoms. The zero-order chi connectivity index (χ0) is 13.4. The molecule has 1 aromatic carbocycles. The van der Waals surface area contributed by atoms with Crippen LogP contribution in [0, 0.1) is 6.92 Å². The van der Waals surface area contributed by atoms with Crippen molar-refractivity contribution in [3.63, 3.8) is 0 Å². The Kier molecular flexibility index (Phi) is 2.60. The van der Waals surface area contributed by atoms with Crippen molar-refractivity contribution >= 4 is 17.0 Å². The minimum Gasteiger partial charge on any atom is -0.383 e. The third kappa shape index (κ3) is 1.80. The van der Waals surface area contributed by atoms with E-state index in [9.17, 15) is 0 Å². The van der Waals surface area contributed by atoms with Gasteiger partial charge in [-0.1, -0.05) is 36.9 Å². The van der Waals surface area contributed by atoms with E-state index in [0.717, 1.165) is 28.0 Å². The number of pyridine rings is 1. The van der Waals surface area contributed by atoms with E-state index in [0.29, 0.717) is 5.82 Å². The molecule has 0 aliphatic rings. The summed E-state index contributed by atoms with van der Waals surface area (Å²) < 4.78 is 1.90. The molecule has 0 atom stereocenters. The fraction of sp³-hybridized carbons (Fsp3) is 0.0625. The van der Waals surface area contributed by atoms with Crippen LogP contribution < -0.4 is 5.73 Å². The number of nitrogen functional groups attached to an aromatic ring is 1. The second-order valence-corrected chi connectivity index (χ2v) is 4.54. The fourth-order valence-electron chi connectivity index (χ4n) is 2.23. The fourth-order valence-corrected chi connectivity index (χ4v) is 2.23. The molecule has 0 saturated carbocycles. The van der Waals surface area contributed by atoms with Gasteiger partial charge >= 0.3 is 0 Å². The maximum atomic E-state index is 6.02. The summed E-state index contributed by atoms with van der Waals surface area (Å²) in [5.41, 5.74) is 10.8. The monoisotopic (exact) mass is 249 g/mol. The Bertz CT molecular complexity index is 754. The minimum absolute atomic E-state index is 0.678. The molecule has 0 aliphatic heterocycles. The maximum Gasteiger partial charge on any atom is 0.146 e. The van der Waals surface area contributed by atoms with Gasteiger partial charge in [0.1, 0.15) is 11.5 Å². The maximum absolute atomic E-state index is 6.02. The molecule has 94 valence electrons. The third-order valence-corrected chi connectivity index (χ3v) is 3.32. The summed E-state index contributed by atoms with van der Waals surface area (Å²) in [7, 11) is 0. The average Bonchev–Trinajstić information content (AvgIpc) is 2.75. The smallest absolute Gasteiger partial charge is 0.146 e. The van der Waals surface area contributed by atoms with Gasteiger partial charge in [-0.15, -0.1) is 0 Å². The zero-order valence-corrected chi connectivity index (χ0v) is 10.8. The molecule has 3 nitrogen and oxygen atoms in total. The normalized spacial score (nSPS) is 10.8. The largest absolute Gasteiger partial charge is 0.383 e. The van der Waals surface area contributed by atoms with Crippen LogP contribution in [0.1, 0.15) is 16.8 Å². The molecule has 0 saturated heterocycles. The number of hydrogen-bond donors (Lipinski definition) is 1. The second kappa shape index (κ2) is 4.28. The van der Waals surface area contributed by atoms with Gasteiger partial charge in [0.25, 0.3) is 0 Å². The van der Waals surface area contributed by atoms with Gasteiger partial charge in [0, 0.05) is 11.8 Å². The first-order valence-corrected chi connectivity index (χ1v) is 6.16. The average molecular weight is 249 g/mol. The third-order valence-electron chi connectivity index (χ3n) is 3.32. The van der Waals surface area contributed by atoms with Gasteiger partial charge in [0.2, 0.25) is 0 Å². The topological polar surface area (TPSA) is 43.3 Å². The summed E-state index contributed by atoms with van der Waals surface area (Å²) in [6.45, 7) is 6.10. The molecule has 0 bridgehead atoms. The number of aromatic nitrogens is 2. The molecule has 2 heterocycles. The van der Waals surface area contributed by atoms with Crippen molar-refractivity contribution in [3.05, 3.63) is 72.1 Å². The lowest BCUT2D eigenvalue weighted by Crippen LogP contribution is -1.96. The molecule has 0 amide bonds. The predicted molar refractivity (Wildman–Crippen MR) is 78.9 cm³/mol. The van der Waals surface area contributed by atoms with E-state index >= 15 is 0 Å². The Morgan fingerprint density at radius 1 is 1.16 bits per heavy atom. The standard InChI is InChI=1S/C16H15N3/c1-11(13-7-4-3-5-8-13)14-9-6-10-19-15(17)12(2)18-16(14)19/h3-10H,1,17H2,2H3. The first kappa shape index (κ1) is 11.5. The molecular weight excluding hydrogens is 234 g/mol. The van der Waals surface area contributed by atoms with E-state index in [4.69, 9.17) is 5.73 Å². The number of anilines is 1. The van der Waals surface area contributed by atoms with Crippen molar-refractivity contribution in [1.82, 2.24) is 9.38 Å². The zero-order valence-electron chi connectivity index (χ0n) is 10.8. The Morgan fingerprint density at radius 3 is 2.63 bits per heavy atom. The Hall–Kier alpha value is -2.55. The van der Waals surface area contributed by atoms with Gasteiger partial charge in [0.05, 0.1) is 5.69 Å².